The molecule has 1 unspecified atom stereocenters. The Kier molecular flexibility index (Phi) is 8.31. The fraction of sp³-hybridized carbons (Fsp3) is 0.440. The number of likely N-dealkylation sites (tertiary alicyclic amines) is 1. The molecule has 0 aliphatic carbocycles. The highest BCUT2D eigenvalue weighted by Gasteiger charge is 2.31. The van der Waals surface area contributed by atoms with E-state index < -0.39 is 52.9 Å². The number of hydrogen-bond acceptors (Lipinski definition) is 9. The highest BCUT2D eigenvalue weighted by Crippen LogP contribution is 2.37. The molecule has 4 heterocycles. The van der Waals surface area contributed by atoms with Gasteiger partial charge in [-0.05, 0) is 25.0 Å². The lowest BCUT2D eigenvalue weighted by Crippen LogP contribution is -2.40. The molecule has 2 aromatic heterocycles. The van der Waals surface area contributed by atoms with Gasteiger partial charge in [-0.2, -0.15) is 13.5 Å². The second-order valence-electron chi connectivity index (χ2n) is 9.64. The molecule has 0 saturated carbocycles. The van der Waals surface area contributed by atoms with Crippen LogP contribution in [0.4, 0.5) is 17.6 Å². The molecule has 1 fully saturated rings. The molecule has 1 atom stereocenters. The molecule has 2 aliphatic heterocycles. The van der Waals surface area contributed by atoms with Crippen LogP contribution in [-0.2, 0) is 26.3 Å². The largest absolute Gasteiger partial charge is 0.387 e. The van der Waals surface area contributed by atoms with Crippen molar-refractivity contribution in [1.29, 1.82) is 0 Å². The first kappa shape index (κ1) is 29.0. The minimum atomic E-state index is -3.73. The number of rotatable bonds is 9. The van der Waals surface area contributed by atoms with Crippen molar-refractivity contribution < 1.29 is 39.8 Å². The van der Waals surface area contributed by atoms with Crippen LogP contribution in [0.1, 0.15) is 71.8 Å². The van der Waals surface area contributed by atoms with Gasteiger partial charge in [-0.25, -0.2) is 22.5 Å². The van der Waals surface area contributed by atoms with E-state index in [0.29, 0.717) is 60.1 Å². The molecule has 10 nitrogen and oxygen atoms in total. The number of para-hydroxylation sites is 1. The van der Waals surface area contributed by atoms with Crippen LogP contribution >= 0.6 is 11.3 Å². The van der Waals surface area contributed by atoms with Crippen LogP contribution in [0.2, 0.25) is 0 Å². The number of thiazole rings is 1. The number of hydrogen-bond donors (Lipinski definition) is 0. The van der Waals surface area contributed by atoms with E-state index in [2.05, 4.69) is 10.3 Å². The summed E-state index contributed by atoms with van der Waals surface area (Å²) in [4.78, 5) is 24.6. The summed E-state index contributed by atoms with van der Waals surface area (Å²) in [5.41, 5.74) is 0.287. The van der Waals surface area contributed by atoms with E-state index in [1.54, 1.807) is 24.3 Å². The molecular weight excluding hydrogens is 590 g/mol. The Morgan fingerprint density at radius 1 is 1.17 bits per heavy atom. The van der Waals surface area contributed by atoms with Crippen LogP contribution < -0.4 is 4.18 Å². The molecular formula is C25H25F4N5O5S2. The van der Waals surface area contributed by atoms with Crippen LogP contribution in [-0.4, -0.2) is 59.0 Å². The van der Waals surface area contributed by atoms with E-state index in [-0.39, 0.29) is 11.7 Å². The van der Waals surface area contributed by atoms with E-state index >= 15 is 0 Å². The molecule has 220 valence electrons. The molecule has 1 aromatic carbocycles. The number of carbonyl (C=O) groups is 1. The number of amides is 1. The smallest absolute Gasteiger partial charge is 0.306 e. The highest BCUT2D eigenvalue weighted by atomic mass is 32.2. The Morgan fingerprint density at radius 3 is 2.59 bits per heavy atom. The average Bonchev–Trinajstić information content (AvgIpc) is 3.68. The topological polar surface area (TPSA) is 116 Å². The first-order chi connectivity index (χ1) is 19.5. The molecule has 0 N–H and O–H groups in total. The third kappa shape index (κ3) is 6.69. The Morgan fingerprint density at radius 2 is 1.90 bits per heavy atom. The second-order valence-corrected chi connectivity index (χ2v) is 12.1. The summed E-state index contributed by atoms with van der Waals surface area (Å²) in [6, 6.07) is 7.29. The third-order valence-corrected chi connectivity index (χ3v) is 8.24. The van der Waals surface area contributed by atoms with Crippen LogP contribution in [0.25, 0.3) is 0 Å². The van der Waals surface area contributed by atoms with Gasteiger partial charge in [-0.3, -0.25) is 9.48 Å². The van der Waals surface area contributed by atoms with Crippen LogP contribution in [0.5, 0.6) is 5.75 Å². The van der Waals surface area contributed by atoms with Gasteiger partial charge in [-0.15, -0.1) is 11.3 Å². The molecule has 0 spiro atoms. The maximum Gasteiger partial charge on any atom is 0.306 e. The lowest BCUT2D eigenvalue weighted by molar-refractivity contribution is -0.133. The maximum atomic E-state index is 13.3. The molecule has 5 rings (SSSR count). The number of carbonyl (C=O) groups excluding carboxylic acids is 1. The minimum absolute atomic E-state index is 0.0622. The molecule has 41 heavy (non-hydrogen) atoms. The fourth-order valence-corrected chi connectivity index (χ4v) is 6.23. The zero-order valence-electron chi connectivity index (χ0n) is 21.6. The lowest BCUT2D eigenvalue weighted by atomic mass is 9.97. The zero-order chi connectivity index (χ0) is 29.3. The normalized spacial score (nSPS) is 18.2. The van der Waals surface area contributed by atoms with E-state index in [4.69, 9.17) is 14.0 Å². The Hall–Kier alpha value is -3.53. The molecule has 1 saturated heterocycles. The van der Waals surface area contributed by atoms with Gasteiger partial charge < -0.3 is 13.9 Å². The van der Waals surface area contributed by atoms with Gasteiger partial charge in [0, 0.05) is 36.4 Å². The molecule has 0 bridgehead atoms. The van der Waals surface area contributed by atoms with Crippen LogP contribution in [0.15, 0.2) is 40.9 Å². The van der Waals surface area contributed by atoms with E-state index in [9.17, 15) is 30.8 Å². The van der Waals surface area contributed by atoms with Crippen molar-refractivity contribution in [2.45, 2.75) is 50.7 Å². The number of benzene rings is 1. The first-order valence-electron chi connectivity index (χ1n) is 12.6. The number of aromatic nitrogens is 3. The van der Waals surface area contributed by atoms with Crippen LogP contribution in [0, 0.1) is 0 Å². The monoisotopic (exact) mass is 615 g/mol. The molecule has 2 aliphatic rings. The number of oxime groups is 1. The Labute approximate surface area is 236 Å². The predicted molar refractivity (Wildman–Crippen MR) is 140 cm³/mol. The SMILES string of the molecule is CS(=O)(=O)Oc1ccccc1C1CC(c2csc(C3CCN(C(=O)Cn4nc(C(F)F)cc4C(F)F)CC3)n2)=NO1. The van der Waals surface area contributed by atoms with Gasteiger partial charge in [0.15, 0.2) is 6.10 Å². The quantitative estimate of drug-likeness (QED) is 0.250. The van der Waals surface area contributed by atoms with Crippen molar-refractivity contribution >= 4 is 33.1 Å². The van der Waals surface area contributed by atoms with Gasteiger partial charge >= 0.3 is 10.1 Å². The van der Waals surface area contributed by atoms with Gasteiger partial charge in [0.2, 0.25) is 5.91 Å². The first-order valence-corrected chi connectivity index (χ1v) is 15.3. The lowest BCUT2D eigenvalue weighted by Gasteiger charge is -2.31. The number of halogens is 4. The van der Waals surface area contributed by atoms with Gasteiger partial charge in [0.25, 0.3) is 12.9 Å². The average molecular weight is 616 g/mol. The van der Waals surface area contributed by atoms with Gasteiger partial charge in [-0.1, -0.05) is 23.4 Å². The van der Waals surface area contributed by atoms with Crippen molar-refractivity contribution in [3.05, 3.63) is 63.4 Å². The van der Waals surface area contributed by atoms with Crippen molar-refractivity contribution in [1.82, 2.24) is 19.7 Å². The standard InChI is InChI=1S/C25H25F4N5O5S2/c1-41(36,37)39-20-5-3-2-4-15(20)21-11-16(32-38-21)18-13-40-25(30-18)14-6-8-33(9-7-14)22(35)12-34-19(24(28)29)10-17(31-34)23(26)27/h2-5,10,13-14,21,23-24H,6-9,11-12H2,1H3. The molecule has 1 amide bonds. The second kappa shape index (κ2) is 11.8. The summed E-state index contributed by atoms with van der Waals surface area (Å²) >= 11 is 1.45. The summed E-state index contributed by atoms with van der Waals surface area (Å²) in [5, 5.41) is 10.4. The Bertz CT molecular complexity index is 1550. The zero-order valence-corrected chi connectivity index (χ0v) is 23.3. The summed E-state index contributed by atoms with van der Waals surface area (Å²) in [7, 11) is -3.73. The maximum absolute atomic E-state index is 13.3. The van der Waals surface area contributed by atoms with Gasteiger partial charge in [0.1, 0.15) is 29.4 Å². The molecule has 3 aromatic rings. The minimum Gasteiger partial charge on any atom is -0.387 e. The van der Waals surface area contributed by atoms with Crippen molar-refractivity contribution in [3.63, 3.8) is 0 Å². The van der Waals surface area contributed by atoms with E-state index in [0.717, 1.165) is 11.3 Å². The van der Waals surface area contributed by atoms with Crippen molar-refractivity contribution in [2.75, 3.05) is 19.3 Å². The molecule has 0 radical (unpaired) electrons. The van der Waals surface area contributed by atoms with E-state index in [1.165, 1.54) is 16.2 Å². The number of alkyl halides is 4. The summed E-state index contributed by atoms with van der Waals surface area (Å²) in [6.45, 7) is 0.168. The summed E-state index contributed by atoms with van der Waals surface area (Å²) in [6.07, 6.45) is -4.09. The summed E-state index contributed by atoms with van der Waals surface area (Å²) < 4.78 is 81.4. The number of piperidine rings is 1. The van der Waals surface area contributed by atoms with Gasteiger partial charge in [0.05, 0.1) is 17.0 Å². The molecule has 16 heteroatoms. The highest BCUT2D eigenvalue weighted by molar-refractivity contribution is 7.86. The Balaban J connectivity index is 1.18. The fourth-order valence-electron chi connectivity index (χ4n) is 4.75. The van der Waals surface area contributed by atoms with Crippen molar-refractivity contribution in [3.8, 4) is 5.75 Å². The predicted octanol–water partition coefficient (Wildman–Crippen LogP) is 4.83. The number of nitrogens with zero attached hydrogens (tertiary/aromatic N) is 5. The van der Waals surface area contributed by atoms with Crippen molar-refractivity contribution in [2.24, 2.45) is 5.16 Å². The van der Waals surface area contributed by atoms with Crippen LogP contribution in [0.3, 0.4) is 0 Å². The summed E-state index contributed by atoms with van der Waals surface area (Å²) in [5.74, 6) is -0.242. The van der Waals surface area contributed by atoms with E-state index in [1.807, 2.05) is 5.38 Å². The third-order valence-electron chi connectivity index (χ3n) is 6.75.